The molecule has 0 saturated heterocycles. The number of thiophene rings is 1. The summed E-state index contributed by atoms with van der Waals surface area (Å²) in [5.41, 5.74) is 8.17. The molecule has 16 heavy (non-hydrogen) atoms. The molecule has 1 aromatic heterocycles. The fourth-order valence-electron chi connectivity index (χ4n) is 1.62. The minimum atomic E-state index is -0.238. The molecule has 0 saturated carbocycles. The summed E-state index contributed by atoms with van der Waals surface area (Å²) < 4.78 is 13.1. The zero-order valence-corrected chi connectivity index (χ0v) is 10.1. The van der Waals surface area contributed by atoms with Gasteiger partial charge in [-0.2, -0.15) is 0 Å². The molecule has 0 fully saturated rings. The summed E-state index contributed by atoms with van der Waals surface area (Å²) in [4.78, 5) is 2.35. The first-order chi connectivity index (χ1) is 7.58. The van der Waals surface area contributed by atoms with Crippen LogP contribution in [0.2, 0.25) is 0 Å². The van der Waals surface area contributed by atoms with Gasteiger partial charge in [-0.25, -0.2) is 4.39 Å². The molecule has 2 N–H and O–H groups in total. The van der Waals surface area contributed by atoms with Crippen molar-refractivity contribution >= 4 is 11.3 Å². The molecule has 0 aliphatic heterocycles. The summed E-state index contributed by atoms with van der Waals surface area (Å²) in [6, 6.07) is 8.33. The summed E-state index contributed by atoms with van der Waals surface area (Å²) in [6.07, 6.45) is 0. The SMILES string of the molecule is Cc1cc(C(N)c2cccc(F)c2)sc1C. The van der Waals surface area contributed by atoms with Crippen LogP contribution < -0.4 is 5.73 Å². The summed E-state index contributed by atoms with van der Waals surface area (Å²) >= 11 is 1.68. The number of nitrogens with two attached hydrogens (primary N) is 1. The van der Waals surface area contributed by atoms with E-state index in [9.17, 15) is 4.39 Å². The molecule has 1 unspecified atom stereocenters. The van der Waals surface area contributed by atoms with Gasteiger partial charge in [-0.15, -0.1) is 11.3 Å². The van der Waals surface area contributed by atoms with E-state index in [1.807, 2.05) is 6.07 Å². The Balaban J connectivity index is 2.35. The van der Waals surface area contributed by atoms with Crippen LogP contribution in [0.4, 0.5) is 4.39 Å². The molecule has 84 valence electrons. The minimum Gasteiger partial charge on any atom is -0.320 e. The second-order valence-corrected chi connectivity index (χ2v) is 5.21. The number of rotatable bonds is 2. The first kappa shape index (κ1) is 11.3. The zero-order valence-electron chi connectivity index (χ0n) is 9.33. The summed E-state index contributed by atoms with van der Waals surface area (Å²) in [5.74, 6) is -0.238. The number of aryl methyl sites for hydroxylation is 2. The molecule has 0 bridgehead atoms. The molecule has 2 rings (SSSR count). The van der Waals surface area contributed by atoms with Gasteiger partial charge in [0.15, 0.2) is 0 Å². The summed E-state index contributed by atoms with van der Waals surface area (Å²) in [5, 5.41) is 0. The summed E-state index contributed by atoms with van der Waals surface area (Å²) in [6.45, 7) is 4.13. The predicted molar refractivity (Wildman–Crippen MR) is 66.2 cm³/mol. The van der Waals surface area contributed by atoms with Gasteiger partial charge in [-0.3, -0.25) is 0 Å². The van der Waals surface area contributed by atoms with Crippen molar-refractivity contribution in [1.82, 2.24) is 0 Å². The average Bonchev–Trinajstić information content (AvgIpc) is 2.58. The van der Waals surface area contributed by atoms with E-state index in [2.05, 4.69) is 19.9 Å². The lowest BCUT2D eigenvalue weighted by molar-refractivity contribution is 0.624. The number of halogens is 1. The lowest BCUT2D eigenvalue weighted by atomic mass is 10.1. The third-order valence-electron chi connectivity index (χ3n) is 2.70. The Kier molecular flexibility index (Phi) is 3.08. The minimum absolute atomic E-state index is 0.229. The molecule has 1 heterocycles. The maximum Gasteiger partial charge on any atom is 0.123 e. The number of benzene rings is 1. The maximum absolute atomic E-state index is 13.1. The maximum atomic E-state index is 13.1. The van der Waals surface area contributed by atoms with E-state index < -0.39 is 0 Å². The molecule has 0 aliphatic rings. The van der Waals surface area contributed by atoms with Crippen molar-refractivity contribution in [3.63, 3.8) is 0 Å². The van der Waals surface area contributed by atoms with Gasteiger partial charge in [0.2, 0.25) is 0 Å². The van der Waals surface area contributed by atoms with Gasteiger partial charge in [-0.1, -0.05) is 12.1 Å². The monoisotopic (exact) mass is 235 g/mol. The Hall–Kier alpha value is -1.19. The molecule has 2 aromatic rings. The highest BCUT2D eigenvalue weighted by Crippen LogP contribution is 2.29. The molecule has 3 heteroatoms. The van der Waals surface area contributed by atoms with Crippen LogP contribution in [0.25, 0.3) is 0 Å². The van der Waals surface area contributed by atoms with Crippen LogP contribution in [0, 0.1) is 19.7 Å². The van der Waals surface area contributed by atoms with E-state index >= 15 is 0 Å². The largest absolute Gasteiger partial charge is 0.320 e. The van der Waals surface area contributed by atoms with Gasteiger partial charge >= 0.3 is 0 Å². The predicted octanol–water partition coefficient (Wildman–Crippen LogP) is 3.55. The van der Waals surface area contributed by atoms with Crippen molar-refractivity contribution in [3.05, 3.63) is 57.0 Å². The van der Waals surface area contributed by atoms with Crippen molar-refractivity contribution in [2.45, 2.75) is 19.9 Å². The molecule has 0 aliphatic carbocycles. The third-order valence-corrected chi connectivity index (χ3v) is 3.93. The quantitative estimate of drug-likeness (QED) is 0.846. The molecule has 1 aromatic carbocycles. The Bertz CT molecular complexity index is 485. The van der Waals surface area contributed by atoms with E-state index in [-0.39, 0.29) is 11.9 Å². The zero-order chi connectivity index (χ0) is 11.7. The highest BCUT2D eigenvalue weighted by molar-refractivity contribution is 7.12. The average molecular weight is 235 g/mol. The van der Waals surface area contributed by atoms with E-state index in [0.29, 0.717) is 0 Å². The third kappa shape index (κ3) is 2.15. The van der Waals surface area contributed by atoms with Crippen LogP contribution in [0.1, 0.15) is 26.9 Å². The first-order valence-electron chi connectivity index (χ1n) is 5.16. The molecule has 0 spiro atoms. The first-order valence-corrected chi connectivity index (χ1v) is 5.97. The van der Waals surface area contributed by atoms with Gasteiger partial charge in [0.1, 0.15) is 5.82 Å². The van der Waals surface area contributed by atoms with Gasteiger partial charge in [0.05, 0.1) is 6.04 Å². The van der Waals surface area contributed by atoms with Crippen molar-refractivity contribution < 1.29 is 4.39 Å². The normalized spacial score (nSPS) is 12.8. The molecular weight excluding hydrogens is 221 g/mol. The second kappa shape index (κ2) is 4.36. The van der Waals surface area contributed by atoms with Gasteiger partial charge in [0.25, 0.3) is 0 Å². The highest BCUT2D eigenvalue weighted by Gasteiger charge is 2.12. The Morgan fingerprint density at radius 2 is 2.00 bits per heavy atom. The van der Waals surface area contributed by atoms with Crippen LogP contribution in [0.3, 0.4) is 0 Å². The van der Waals surface area contributed by atoms with E-state index in [0.717, 1.165) is 10.4 Å². The molecule has 0 amide bonds. The molecule has 1 atom stereocenters. The lowest BCUT2D eigenvalue weighted by Crippen LogP contribution is -2.10. The van der Waals surface area contributed by atoms with Crippen LogP contribution >= 0.6 is 11.3 Å². The smallest absolute Gasteiger partial charge is 0.123 e. The number of hydrogen-bond donors (Lipinski definition) is 1. The van der Waals surface area contributed by atoms with Crippen LogP contribution in [0.5, 0.6) is 0 Å². The summed E-state index contributed by atoms with van der Waals surface area (Å²) in [7, 11) is 0. The van der Waals surface area contributed by atoms with Crippen LogP contribution in [-0.4, -0.2) is 0 Å². The van der Waals surface area contributed by atoms with Crippen molar-refractivity contribution in [2.24, 2.45) is 5.73 Å². The van der Waals surface area contributed by atoms with Gasteiger partial charge in [0, 0.05) is 9.75 Å². The second-order valence-electron chi connectivity index (χ2n) is 3.92. The Morgan fingerprint density at radius 3 is 2.56 bits per heavy atom. The fraction of sp³-hybridized carbons (Fsp3) is 0.231. The van der Waals surface area contributed by atoms with Crippen molar-refractivity contribution in [1.29, 1.82) is 0 Å². The van der Waals surface area contributed by atoms with Crippen molar-refractivity contribution in [2.75, 3.05) is 0 Å². The van der Waals surface area contributed by atoms with Crippen molar-refractivity contribution in [3.8, 4) is 0 Å². The van der Waals surface area contributed by atoms with Crippen LogP contribution in [0.15, 0.2) is 30.3 Å². The van der Waals surface area contributed by atoms with Crippen LogP contribution in [-0.2, 0) is 0 Å². The van der Waals surface area contributed by atoms with Gasteiger partial charge < -0.3 is 5.73 Å². The topological polar surface area (TPSA) is 26.0 Å². The molecular formula is C13H14FNS. The molecule has 0 radical (unpaired) electrons. The Labute approximate surface area is 98.7 Å². The van der Waals surface area contributed by atoms with E-state index in [1.54, 1.807) is 17.4 Å². The standard InChI is InChI=1S/C13H14FNS/c1-8-6-12(16-9(8)2)13(15)10-4-3-5-11(14)7-10/h3-7,13H,15H2,1-2H3. The molecule has 1 nitrogen and oxygen atoms in total. The van der Waals surface area contributed by atoms with E-state index in [4.69, 9.17) is 5.73 Å². The number of hydrogen-bond acceptors (Lipinski definition) is 2. The van der Waals surface area contributed by atoms with E-state index in [1.165, 1.54) is 22.6 Å². The fourth-order valence-corrected chi connectivity index (χ4v) is 2.69. The highest BCUT2D eigenvalue weighted by atomic mass is 32.1. The Morgan fingerprint density at radius 1 is 1.25 bits per heavy atom. The van der Waals surface area contributed by atoms with Gasteiger partial charge in [-0.05, 0) is 43.2 Å². The lowest BCUT2D eigenvalue weighted by Gasteiger charge is -2.09.